The lowest BCUT2D eigenvalue weighted by Crippen LogP contribution is -2.45. The topological polar surface area (TPSA) is 69.6 Å². The molecular weight excluding hydrogens is 687 g/mol. The molecule has 3 N–H and O–H groups in total. The van der Waals surface area contributed by atoms with Crippen LogP contribution in [0.25, 0.3) is 0 Å². The molecule has 4 nitrogen and oxygen atoms in total. The minimum atomic E-state index is -0.656. The van der Waals surface area contributed by atoms with Gasteiger partial charge in [0.05, 0.1) is 18.8 Å². The Hall–Kier alpha value is -1.13. The Bertz CT molecular complexity index is 810. The molecule has 0 bridgehead atoms. The monoisotopic (exact) mass is 788 g/mol. The maximum absolute atomic E-state index is 12.4. The van der Waals surface area contributed by atoms with Crippen LogP contribution in [-0.4, -0.2) is 34.9 Å². The summed E-state index contributed by atoms with van der Waals surface area (Å²) in [6, 6.07) is -0.533. The van der Waals surface area contributed by atoms with Gasteiger partial charge in [0.1, 0.15) is 0 Å². The smallest absolute Gasteiger partial charge is 0.220 e. The number of carbonyl (C=O) groups excluding carboxylic acids is 1. The molecule has 0 aliphatic rings. The predicted octanol–water partition coefficient (Wildman–Crippen LogP) is 16.4. The van der Waals surface area contributed by atoms with Crippen LogP contribution in [0.5, 0.6) is 0 Å². The second-order valence-electron chi connectivity index (χ2n) is 17.6. The van der Waals surface area contributed by atoms with Gasteiger partial charge in [0.15, 0.2) is 0 Å². The standard InChI is InChI=1S/C52H101NO3/c1-3-5-7-9-11-13-15-17-19-20-21-22-23-24-25-26-27-28-29-30-31-32-34-36-38-40-42-44-46-48-52(56)53-50(49-54)51(55)47-45-43-41-39-37-35-33-18-16-14-12-10-8-6-4-2/h15,17,20-21,50-51,54-55H,3-14,16,18-19,22-49H2,1-2H3,(H,53,56)/b17-15-,21-20-. The van der Waals surface area contributed by atoms with E-state index >= 15 is 0 Å². The van der Waals surface area contributed by atoms with Gasteiger partial charge in [-0.1, -0.05) is 256 Å². The van der Waals surface area contributed by atoms with Crippen molar-refractivity contribution in [2.75, 3.05) is 6.61 Å². The number of aliphatic hydroxyl groups is 2. The summed E-state index contributed by atoms with van der Waals surface area (Å²) in [5.41, 5.74) is 0. The van der Waals surface area contributed by atoms with E-state index in [2.05, 4.69) is 43.5 Å². The van der Waals surface area contributed by atoms with Gasteiger partial charge < -0.3 is 15.5 Å². The quantitative estimate of drug-likeness (QED) is 0.0425. The summed E-state index contributed by atoms with van der Waals surface area (Å²) >= 11 is 0. The van der Waals surface area contributed by atoms with Crippen LogP contribution < -0.4 is 5.32 Å². The van der Waals surface area contributed by atoms with Crippen molar-refractivity contribution in [2.24, 2.45) is 0 Å². The summed E-state index contributed by atoms with van der Waals surface area (Å²) in [6.45, 7) is 4.37. The molecular formula is C52H101NO3. The van der Waals surface area contributed by atoms with Gasteiger partial charge in [-0.3, -0.25) is 4.79 Å². The molecule has 332 valence electrons. The number of unbranched alkanes of at least 4 members (excludes halogenated alkanes) is 36. The zero-order chi connectivity index (χ0) is 40.7. The average molecular weight is 788 g/mol. The number of aliphatic hydroxyl groups excluding tert-OH is 2. The molecule has 0 fully saturated rings. The maximum Gasteiger partial charge on any atom is 0.220 e. The summed E-state index contributed by atoms with van der Waals surface area (Å²) in [6.07, 6.45) is 62.8. The number of hydrogen-bond acceptors (Lipinski definition) is 3. The molecule has 0 spiro atoms. The summed E-state index contributed by atoms with van der Waals surface area (Å²) in [5, 5.41) is 23.2. The van der Waals surface area contributed by atoms with Crippen molar-refractivity contribution in [3.05, 3.63) is 24.3 Å². The number of rotatable bonds is 47. The lowest BCUT2D eigenvalue weighted by atomic mass is 10.0. The SMILES string of the molecule is CCCCCCC/C=C\C/C=C\CCCCCCCCCCCCCCCCCCCC(=O)NC(CO)C(O)CCCCCCCCCCCCCCCCC. The fraction of sp³-hybridized carbons (Fsp3) is 0.904. The van der Waals surface area contributed by atoms with Crippen molar-refractivity contribution >= 4 is 5.91 Å². The van der Waals surface area contributed by atoms with Gasteiger partial charge in [-0.25, -0.2) is 0 Å². The molecule has 0 aromatic rings. The van der Waals surface area contributed by atoms with E-state index in [9.17, 15) is 15.0 Å². The van der Waals surface area contributed by atoms with Crippen LogP contribution in [0, 0.1) is 0 Å². The normalized spacial score (nSPS) is 13.0. The average Bonchev–Trinajstić information content (AvgIpc) is 3.20. The first-order valence-electron chi connectivity index (χ1n) is 25.5. The van der Waals surface area contributed by atoms with E-state index in [-0.39, 0.29) is 12.5 Å². The van der Waals surface area contributed by atoms with Crippen molar-refractivity contribution < 1.29 is 15.0 Å². The third kappa shape index (κ3) is 44.0. The van der Waals surface area contributed by atoms with Crippen LogP contribution in [0.2, 0.25) is 0 Å². The Morgan fingerprint density at radius 3 is 1.07 bits per heavy atom. The van der Waals surface area contributed by atoms with E-state index in [1.807, 2.05) is 0 Å². The zero-order valence-electron chi connectivity index (χ0n) is 38.2. The second kappa shape index (κ2) is 48.2. The third-order valence-electron chi connectivity index (χ3n) is 12.0. The highest BCUT2D eigenvalue weighted by atomic mass is 16.3. The van der Waals surface area contributed by atoms with Gasteiger partial charge in [-0.05, 0) is 44.9 Å². The Balaban J connectivity index is 3.43. The number of hydrogen-bond donors (Lipinski definition) is 3. The summed E-state index contributed by atoms with van der Waals surface area (Å²) < 4.78 is 0. The van der Waals surface area contributed by atoms with Gasteiger partial charge in [0.2, 0.25) is 5.91 Å². The molecule has 0 saturated heterocycles. The Kier molecular flexibility index (Phi) is 47.3. The van der Waals surface area contributed by atoms with Crippen molar-refractivity contribution in [1.29, 1.82) is 0 Å². The fourth-order valence-corrected chi connectivity index (χ4v) is 8.04. The van der Waals surface area contributed by atoms with Crippen LogP contribution in [-0.2, 0) is 4.79 Å². The van der Waals surface area contributed by atoms with Gasteiger partial charge in [0.25, 0.3) is 0 Å². The molecule has 0 heterocycles. The van der Waals surface area contributed by atoms with Crippen molar-refractivity contribution in [3.8, 4) is 0 Å². The number of amides is 1. The zero-order valence-corrected chi connectivity index (χ0v) is 38.2. The first-order chi connectivity index (χ1) is 27.7. The van der Waals surface area contributed by atoms with Crippen molar-refractivity contribution in [3.63, 3.8) is 0 Å². The Labute approximate surface area is 351 Å². The first kappa shape index (κ1) is 54.9. The summed E-state index contributed by atoms with van der Waals surface area (Å²) in [5.74, 6) is -0.0273. The second-order valence-corrected chi connectivity index (χ2v) is 17.6. The van der Waals surface area contributed by atoms with Crippen LogP contribution in [0.4, 0.5) is 0 Å². The molecule has 2 unspecified atom stereocenters. The molecule has 4 heteroatoms. The van der Waals surface area contributed by atoms with E-state index in [1.54, 1.807) is 0 Å². The number of allylic oxidation sites excluding steroid dienone is 4. The lowest BCUT2D eigenvalue weighted by molar-refractivity contribution is -0.123. The highest BCUT2D eigenvalue weighted by molar-refractivity contribution is 5.76. The van der Waals surface area contributed by atoms with Gasteiger partial charge >= 0.3 is 0 Å². The molecule has 56 heavy (non-hydrogen) atoms. The molecule has 0 saturated carbocycles. The molecule has 0 rings (SSSR count). The highest BCUT2D eigenvalue weighted by Gasteiger charge is 2.20. The molecule has 0 aromatic heterocycles. The van der Waals surface area contributed by atoms with E-state index in [1.165, 1.54) is 225 Å². The van der Waals surface area contributed by atoms with Gasteiger partial charge in [-0.2, -0.15) is 0 Å². The summed E-state index contributed by atoms with van der Waals surface area (Å²) in [4.78, 5) is 12.4. The molecule has 0 radical (unpaired) electrons. The fourth-order valence-electron chi connectivity index (χ4n) is 8.04. The van der Waals surface area contributed by atoms with Gasteiger partial charge in [-0.15, -0.1) is 0 Å². The number of carbonyl (C=O) groups is 1. The van der Waals surface area contributed by atoms with Crippen LogP contribution in [0.1, 0.15) is 284 Å². The maximum atomic E-state index is 12.4. The molecule has 2 atom stereocenters. The third-order valence-corrected chi connectivity index (χ3v) is 12.0. The highest BCUT2D eigenvalue weighted by Crippen LogP contribution is 2.17. The minimum absolute atomic E-state index is 0.0273. The molecule has 0 aromatic carbocycles. The minimum Gasteiger partial charge on any atom is -0.394 e. The van der Waals surface area contributed by atoms with Crippen molar-refractivity contribution in [1.82, 2.24) is 5.32 Å². The van der Waals surface area contributed by atoms with Gasteiger partial charge in [0, 0.05) is 6.42 Å². The molecule has 1 amide bonds. The molecule has 0 aliphatic carbocycles. The lowest BCUT2D eigenvalue weighted by Gasteiger charge is -2.22. The van der Waals surface area contributed by atoms with E-state index in [0.717, 1.165) is 32.1 Å². The van der Waals surface area contributed by atoms with E-state index < -0.39 is 12.1 Å². The van der Waals surface area contributed by atoms with Crippen LogP contribution in [0.3, 0.4) is 0 Å². The Morgan fingerprint density at radius 1 is 0.429 bits per heavy atom. The van der Waals surface area contributed by atoms with Crippen molar-refractivity contribution in [2.45, 2.75) is 296 Å². The first-order valence-corrected chi connectivity index (χ1v) is 25.5. The number of nitrogens with one attached hydrogen (secondary N) is 1. The van der Waals surface area contributed by atoms with Crippen LogP contribution in [0.15, 0.2) is 24.3 Å². The van der Waals surface area contributed by atoms with Crippen LogP contribution >= 0.6 is 0 Å². The molecule has 0 aliphatic heterocycles. The predicted molar refractivity (Wildman–Crippen MR) is 249 cm³/mol. The summed E-state index contributed by atoms with van der Waals surface area (Å²) in [7, 11) is 0. The Morgan fingerprint density at radius 2 is 0.732 bits per heavy atom. The van der Waals surface area contributed by atoms with E-state index in [4.69, 9.17) is 0 Å². The largest absolute Gasteiger partial charge is 0.394 e. The van der Waals surface area contributed by atoms with E-state index in [0.29, 0.717) is 12.8 Å².